The minimum absolute atomic E-state index is 0.150. The molecule has 0 aromatic carbocycles. The molecule has 0 unspecified atom stereocenters. The third-order valence-electron chi connectivity index (χ3n) is 3.79. The SMILES string of the molecule is Cc1c(C(=O)O[C@H](C)CN2CCOCC2)cnn1C(C)(C)C. The van der Waals surface area contributed by atoms with E-state index in [2.05, 4.69) is 30.8 Å². The molecule has 0 spiro atoms. The molecule has 0 amide bonds. The maximum atomic E-state index is 12.3. The first kappa shape index (κ1) is 17.0. The summed E-state index contributed by atoms with van der Waals surface area (Å²) in [5.41, 5.74) is 1.24. The van der Waals surface area contributed by atoms with Gasteiger partial charge in [0.15, 0.2) is 0 Å². The number of esters is 1. The van der Waals surface area contributed by atoms with Gasteiger partial charge in [0.2, 0.25) is 0 Å². The van der Waals surface area contributed by atoms with Crippen molar-refractivity contribution in [2.75, 3.05) is 32.8 Å². The van der Waals surface area contributed by atoms with Crippen LogP contribution in [0.2, 0.25) is 0 Å². The second kappa shape index (κ2) is 6.79. The minimum atomic E-state index is -0.297. The standard InChI is InChI=1S/C16H27N3O3/c1-12(11-18-6-8-21-9-7-18)22-15(20)14-10-17-19(13(14)2)16(3,4)5/h10,12H,6-9,11H2,1-5H3/t12-/m1/s1. The Morgan fingerprint density at radius 2 is 2.05 bits per heavy atom. The smallest absolute Gasteiger partial charge is 0.341 e. The van der Waals surface area contributed by atoms with Gasteiger partial charge in [-0.1, -0.05) is 0 Å². The van der Waals surface area contributed by atoms with E-state index < -0.39 is 0 Å². The molecule has 1 atom stereocenters. The van der Waals surface area contributed by atoms with Gasteiger partial charge < -0.3 is 9.47 Å². The zero-order valence-corrected chi connectivity index (χ0v) is 14.3. The fourth-order valence-electron chi connectivity index (χ4n) is 2.72. The molecule has 0 N–H and O–H groups in total. The van der Waals surface area contributed by atoms with Crippen LogP contribution < -0.4 is 0 Å². The topological polar surface area (TPSA) is 56.6 Å². The van der Waals surface area contributed by atoms with Crippen LogP contribution in [-0.2, 0) is 15.0 Å². The highest BCUT2D eigenvalue weighted by molar-refractivity contribution is 5.90. The van der Waals surface area contributed by atoms with E-state index in [1.807, 2.05) is 18.5 Å². The van der Waals surface area contributed by atoms with Crippen molar-refractivity contribution in [3.8, 4) is 0 Å². The molecule has 124 valence electrons. The second-order valence-electron chi connectivity index (χ2n) is 6.86. The Labute approximate surface area is 132 Å². The number of hydrogen-bond donors (Lipinski definition) is 0. The minimum Gasteiger partial charge on any atom is -0.458 e. The normalized spacial score (nSPS) is 18.2. The van der Waals surface area contributed by atoms with Gasteiger partial charge in [-0.25, -0.2) is 4.79 Å². The van der Waals surface area contributed by atoms with Gasteiger partial charge >= 0.3 is 5.97 Å². The number of morpholine rings is 1. The molecule has 1 aromatic heterocycles. The summed E-state index contributed by atoms with van der Waals surface area (Å²) in [7, 11) is 0. The molecule has 6 nitrogen and oxygen atoms in total. The first-order valence-electron chi connectivity index (χ1n) is 7.85. The van der Waals surface area contributed by atoms with E-state index in [1.54, 1.807) is 6.20 Å². The molecule has 0 saturated carbocycles. The Morgan fingerprint density at radius 1 is 1.41 bits per heavy atom. The van der Waals surface area contributed by atoms with Crippen molar-refractivity contribution < 1.29 is 14.3 Å². The van der Waals surface area contributed by atoms with Crippen LogP contribution in [0.25, 0.3) is 0 Å². The summed E-state index contributed by atoms with van der Waals surface area (Å²) in [6, 6.07) is 0. The van der Waals surface area contributed by atoms with E-state index in [0.29, 0.717) is 5.56 Å². The van der Waals surface area contributed by atoms with E-state index >= 15 is 0 Å². The maximum absolute atomic E-state index is 12.3. The Hall–Kier alpha value is -1.40. The van der Waals surface area contributed by atoms with E-state index in [9.17, 15) is 4.79 Å². The molecule has 1 aliphatic heterocycles. The lowest BCUT2D eigenvalue weighted by Crippen LogP contribution is -2.41. The molecule has 1 fully saturated rings. The molecule has 22 heavy (non-hydrogen) atoms. The molecule has 6 heteroatoms. The summed E-state index contributed by atoms with van der Waals surface area (Å²) < 4.78 is 12.8. The zero-order chi connectivity index (χ0) is 16.3. The van der Waals surface area contributed by atoms with Gasteiger partial charge in [-0.15, -0.1) is 0 Å². The van der Waals surface area contributed by atoms with Crippen molar-refractivity contribution in [1.29, 1.82) is 0 Å². The van der Waals surface area contributed by atoms with Gasteiger partial charge in [0, 0.05) is 19.6 Å². The number of carbonyl (C=O) groups is 1. The van der Waals surface area contributed by atoms with Gasteiger partial charge in [0.05, 0.1) is 30.6 Å². The third kappa shape index (κ3) is 4.08. The van der Waals surface area contributed by atoms with E-state index in [1.165, 1.54) is 0 Å². The Balaban J connectivity index is 1.95. The fourth-order valence-corrected chi connectivity index (χ4v) is 2.72. The number of nitrogens with zero attached hydrogens (tertiary/aromatic N) is 3. The molecular weight excluding hydrogens is 282 g/mol. The zero-order valence-electron chi connectivity index (χ0n) is 14.3. The van der Waals surface area contributed by atoms with Crippen molar-refractivity contribution in [3.05, 3.63) is 17.5 Å². The van der Waals surface area contributed by atoms with Gasteiger partial charge in [0.1, 0.15) is 11.7 Å². The lowest BCUT2D eigenvalue weighted by molar-refractivity contribution is 0.000398. The number of ether oxygens (including phenoxy) is 2. The highest BCUT2D eigenvalue weighted by Gasteiger charge is 2.24. The first-order valence-corrected chi connectivity index (χ1v) is 7.85. The summed E-state index contributed by atoms with van der Waals surface area (Å²) >= 11 is 0. The lowest BCUT2D eigenvalue weighted by Gasteiger charge is -2.28. The molecule has 0 radical (unpaired) electrons. The van der Waals surface area contributed by atoms with E-state index in [0.717, 1.165) is 38.5 Å². The Morgan fingerprint density at radius 3 is 2.59 bits per heavy atom. The molecule has 1 aliphatic rings. The Bertz CT molecular complexity index is 513. The monoisotopic (exact) mass is 309 g/mol. The Kier molecular flexibility index (Phi) is 5.24. The van der Waals surface area contributed by atoms with Gasteiger partial charge in [0.25, 0.3) is 0 Å². The van der Waals surface area contributed by atoms with Crippen LogP contribution in [0.4, 0.5) is 0 Å². The first-order chi connectivity index (χ1) is 10.3. The van der Waals surface area contributed by atoms with Crippen LogP contribution in [0.3, 0.4) is 0 Å². The number of carbonyl (C=O) groups excluding carboxylic acids is 1. The highest BCUT2D eigenvalue weighted by atomic mass is 16.5. The summed E-state index contributed by atoms with van der Waals surface area (Å²) in [6.45, 7) is 14.0. The van der Waals surface area contributed by atoms with E-state index in [-0.39, 0.29) is 17.6 Å². The lowest BCUT2D eigenvalue weighted by atomic mass is 10.1. The van der Waals surface area contributed by atoms with Crippen molar-refractivity contribution in [2.24, 2.45) is 0 Å². The number of hydrogen-bond acceptors (Lipinski definition) is 5. The van der Waals surface area contributed by atoms with Gasteiger partial charge in [-0.3, -0.25) is 9.58 Å². The average molecular weight is 309 g/mol. The quantitative estimate of drug-likeness (QED) is 0.794. The van der Waals surface area contributed by atoms with Gasteiger partial charge in [-0.2, -0.15) is 5.10 Å². The van der Waals surface area contributed by atoms with Crippen molar-refractivity contribution >= 4 is 5.97 Å². The van der Waals surface area contributed by atoms with Crippen LogP contribution in [0, 0.1) is 6.92 Å². The van der Waals surface area contributed by atoms with Crippen LogP contribution in [0.15, 0.2) is 6.20 Å². The number of rotatable bonds is 4. The van der Waals surface area contributed by atoms with Crippen molar-refractivity contribution in [3.63, 3.8) is 0 Å². The molecule has 1 aromatic rings. The molecule has 0 aliphatic carbocycles. The highest BCUT2D eigenvalue weighted by Crippen LogP contribution is 2.19. The fraction of sp³-hybridized carbons (Fsp3) is 0.750. The predicted molar refractivity (Wildman–Crippen MR) is 84.1 cm³/mol. The molecule has 2 heterocycles. The van der Waals surface area contributed by atoms with E-state index in [4.69, 9.17) is 9.47 Å². The predicted octanol–water partition coefficient (Wildman–Crippen LogP) is 1.82. The van der Waals surface area contributed by atoms with Crippen LogP contribution in [-0.4, -0.2) is 59.6 Å². The molecule has 1 saturated heterocycles. The second-order valence-corrected chi connectivity index (χ2v) is 6.86. The largest absolute Gasteiger partial charge is 0.458 e. The molecular formula is C16H27N3O3. The summed E-state index contributed by atoms with van der Waals surface area (Å²) in [6.07, 6.45) is 1.45. The van der Waals surface area contributed by atoms with Crippen LogP contribution in [0.5, 0.6) is 0 Å². The summed E-state index contributed by atoms with van der Waals surface area (Å²) in [5, 5.41) is 4.32. The third-order valence-corrected chi connectivity index (χ3v) is 3.79. The van der Waals surface area contributed by atoms with Crippen molar-refractivity contribution in [2.45, 2.75) is 46.3 Å². The van der Waals surface area contributed by atoms with Gasteiger partial charge in [-0.05, 0) is 34.6 Å². The summed E-state index contributed by atoms with van der Waals surface area (Å²) in [4.78, 5) is 14.6. The number of aromatic nitrogens is 2. The molecule has 0 bridgehead atoms. The average Bonchev–Trinajstić information content (AvgIpc) is 2.81. The van der Waals surface area contributed by atoms with Crippen LogP contribution >= 0.6 is 0 Å². The summed E-state index contributed by atoms with van der Waals surface area (Å²) in [5.74, 6) is -0.297. The van der Waals surface area contributed by atoms with Crippen molar-refractivity contribution in [1.82, 2.24) is 14.7 Å². The maximum Gasteiger partial charge on any atom is 0.341 e. The molecule has 2 rings (SSSR count). The van der Waals surface area contributed by atoms with Crippen LogP contribution in [0.1, 0.15) is 43.7 Å².